The molecular formula is C20H27N3O3. The van der Waals surface area contributed by atoms with Crippen molar-refractivity contribution in [3.05, 3.63) is 47.2 Å². The lowest BCUT2D eigenvalue weighted by molar-refractivity contribution is -0.132. The van der Waals surface area contributed by atoms with Crippen LogP contribution in [0.5, 0.6) is 0 Å². The normalized spacial score (nSPS) is 18.6. The van der Waals surface area contributed by atoms with Crippen LogP contribution in [0.3, 0.4) is 0 Å². The second kappa shape index (κ2) is 7.40. The molecule has 2 unspecified atom stereocenters. The minimum atomic E-state index is -0.210. The molecule has 1 N–H and O–H groups in total. The predicted octanol–water partition coefficient (Wildman–Crippen LogP) is 3.49. The third kappa shape index (κ3) is 3.54. The van der Waals surface area contributed by atoms with Gasteiger partial charge >= 0.3 is 0 Å². The van der Waals surface area contributed by atoms with Gasteiger partial charge in [0.15, 0.2) is 0 Å². The summed E-state index contributed by atoms with van der Waals surface area (Å²) in [6.45, 7) is 6.18. The summed E-state index contributed by atoms with van der Waals surface area (Å²) >= 11 is 0. The zero-order chi connectivity index (χ0) is 18.8. The molecule has 1 saturated heterocycles. The van der Waals surface area contributed by atoms with Crippen molar-refractivity contribution in [2.24, 2.45) is 7.05 Å². The van der Waals surface area contributed by atoms with Crippen molar-refractivity contribution in [1.82, 2.24) is 14.8 Å². The minimum absolute atomic E-state index is 0.0398. The first kappa shape index (κ1) is 18.3. The maximum Gasteiger partial charge on any atom is 0.268 e. The number of aromatic nitrogens is 1. The molecule has 0 aromatic carbocycles. The Kier molecular flexibility index (Phi) is 5.20. The van der Waals surface area contributed by atoms with Crippen molar-refractivity contribution < 1.29 is 14.0 Å². The van der Waals surface area contributed by atoms with E-state index in [1.54, 1.807) is 6.92 Å². The standard InChI is InChI=1S/C20H27N3O3/c1-13-8-11-19(26-13)14(2)21-20(25)18-10-9-16(22(18)4)17-7-5-6-12-23(17)15(3)24/h8-11,14,17H,5-7,12H2,1-4H3,(H,21,25). The molecule has 2 aromatic heterocycles. The molecule has 2 atom stereocenters. The highest BCUT2D eigenvalue weighted by molar-refractivity contribution is 5.93. The Hall–Kier alpha value is -2.50. The Bertz CT molecular complexity index is 805. The van der Waals surface area contributed by atoms with Crippen LogP contribution in [0.4, 0.5) is 0 Å². The highest BCUT2D eigenvalue weighted by Gasteiger charge is 2.29. The largest absolute Gasteiger partial charge is 0.464 e. The van der Waals surface area contributed by atoms with Crippen LogP contribution in [0.1, 0.15) is 72.9 Å². The molecule has 2 aromatic rings. The molecule has 0 spiro atoms. The monoisotopic (exact) mass is 357 g/mol. The van der Waals surface area contributed by atoms with Gasteiger partial charge in [-0.1, -0.05) is 0 Å². The van der Waals surface area contributed by atoms with Crippen LogP contribution < -0.4 is 5.32 Å². The van der Waals surface area contributed by atoms with E-state index >= 15 is 0 Å². The summed E-state index contributed by atoms with van der Waals surface area (Å²) in [6.07, 6.45) is 3.06. The summed E-state index contributed by atoms with van der Waals surface area (Å²) in [4.78, 5) is 26.6. The van der Waals surface area contributed by atoms with Gasteiger partial charge < -0.3 is 19.2 Å². The van der Waals surface area contributed by atoms with Gasteiger partial charge in [-0.25, -0.2) is 0 Å². The Labute approximate surface area is 154 Å². The van der Waals surface area contributed by atoms with E-state index < -0.39 is 0 Å². The zero-order valence-electron chi connectivity index (χ0n) is 15.9. The van der Waals surface area contributed by atoms with Gasteiger partial charge in [0.05, 0.1) is 12.1 Å². The van der Waals surface area contributed by atoms with Gasteiger partial charge in [0, 0.05) is 26.2 Å². The van der Waals surface area contributed by atoms with E-state index in [0.29, 0.717) is 5.69 Å². The average molecular weight is 357 g/mol. The number of nitrogens with one attached hydrogen (secondary N) is 1. The number of furan rings is 1. The molecule has 1 fully saturated rings. The van der Waals surface area contributed by atoms with Crippen molar-refractivity contribution in [1.29, 1.82) is 0 Å². The number of rotatable bonds is 4. The molecule has 1 aliphatic rings. The van der Waals surface area contributed by atoms with Gasteiger partial charge in [-0.15, -0.1) is 0 Å². The molecule has 26 heavy (non-hydrogen) atoms. The van der Waals surface area contributed by atoms with Crippen LogP contribution >= 0.6 is 0 Å². The highest BCUT2D eigenvalue weighted by Crippen LogP contribution is 2.31. The van der Waals surface area contributed by atoms with E-state index in [1.807, 2.05) is 54.6 Å². The van der Waals surface area contributed by atoms with E-state index in [1.165, 1.54) is 0 Å². The van der Waals surface area contributed by atoms with Crippen molar-refractivity contribution in [2.45, 2.75) is 52.1 Å². The van der Waals surface area contributed by atoms with E-state index in [9.17, 15) is 9.59 Å². The van der Waals surface area contributed by atoms with Gasteiger partial charge in [-0.05, 0) is 57.4 Å². The summed E-state index contributed by atoms with van der Waals surface area (Å²) in [7, 11) is 1.89. The first-order valence-electron chi connectivity index (χ1n) is 9.18. The number of amides is 2. The van der Waals surface area contributed by atoms with Crippen molar-refractivity contribution >= 4 is 11.8 Å². The van der Waals surface area contributed by atoms with E-state index in [4.69, 9.17) is 4.42 Å². The van der Waals surface area contributed by atoms with Crippen molar-refractivity contribution in [3.8, 4) is 0 Å². The molecule has 3 rings (SSSR count). The lowest BCUT2D eigenvalue weighted by Gasteiger charge is -2.35. The molecule has 1 aliphatic heterocycles. The van der Waals surface area contributed by atoms with E-state index in [-0.39, 0.29) is 23.9 Å². The molecule has 0 saturated carbocycles. The van der Waals surface area contributed by atoms with Gasteiger partial charge in [0.2, 0.25) is 5.91 Å². The Morgan fingerprint density at radius 1 is 1.23 bits per heavy atom. The minimum Gasteiger partial charge on any atom is -0.464 e. The van der Waals surface area contributed by atoms with Gasteiger partial charge in [0.1, 0.15) is 17.2 Å². The highest BCUT2D eigenvalue weighted by atomic mass is 16.3. The maximum atomic E-state index is 12.7. The molecule has 6 heteroatoms. The van der Waals surface area contributed by atoms with Gasteiger partial charge in [0.25, 0.3) is 5.91 Å². The molecule has 0 bridgehead atoms. The molecular weight excluding hydrogens is 330 g/mol. The first-order valence-corrected chi connectivity index (χ1v) is 9.18. The molecule has 6 nitrogen and oxygen atoms in total. The quantitative estimate of drug-likeness (QED) is 0.911. The summed E-state index contributed by atoms with van der Waals surface area (Å²) in [5.74, 6) is 1.50. The molecule has 0 aliphatic carbocycles. The lowest BCUT2D eigenvalue weighted by atomic mass is 9.99. The van der Waals surface area contributed by atoms with E-state index in [0.717, 1.165) is 43.0 Å². The Morgan fingerprint density at radius 2 is 2.00 bits per heavy atom. The molecule has 0 radical (unpaired) electrons. The van der Waals surface area contributed by atoms with Gasteiger partial charge in [-0.3, -0.25) is 9.59 Å². The summed E-state index contributed by atoms with van der Waals surface area (Å²) in [5, 5.41) is 2.98. The first-order chi connectivity index (χ1) is 12.4. The number of piperidine rings is 1. The van der Waals surface area contributed by atoms with Crippen LogP contribution in [0.25, 0.3) is 0 Å². The number of carbonyl (C=O) groups is 2. The number of carbonyl (C=O) groups excluding carboxylic acids is 2. The third-order valence-corrected chi connectivity index (χ3v) is 5.18. The fraction of sp³-hybridized carbons (Fsp3) is 0.500. The SMILES string of the molecule is CC(=O)N1CCCCC1c1ccc(C(=O)NC(C)c2ccc(C)o2)n1C. The number of nitrogens with zero attached hydrogens (tertiary/aromatic N) is 2. The number of hydrogen-bond donors (Lipinski definition) is 1. The van der Waals surface area contributed by atoms with Crippen LogP contribution in [-0.4, -0.2) is 27.8 Å². The van der Waals surface area contributed by atoms with Crippen LogP contribution in [0.15, 0.2) is 28.7 Å². The second-order valence-corrected chi connectivity index (χ2v) is 7.07. The van der Waals surface area contributed by atoms with Crippen LogP contribution in [-0.2, 0) is 11.8 Å². The maximum absolute atomic E-state index is 12.7. The predicted molar refractivity (Wildman–Crippen MR) is 98.7 cm³/mol. The average Bonchev–Trinajstić information content (AvgIpc) is 3.20. The Balaban J connectivity index is 1.77. The molecule has 3 heterocycles. The van der Waals surface area contributed by atoms with Crippen molar-refractivity contribution in [3.63, 3.8) is 0 Å². The number of hydrogen-bond acceptors (Lipinski definition) is 3. The molecule has 2 amide bonds. The summed E-state index contributed by atoms with van der Waals surface area (Å²) in [6, 6.07) is 7.39. The summed E-state index contributed by atoms with van der Waals surface area (Å²) in [5.41, 5.74) is 1.59. The molecule has 140 valence electrons. The van der Waals surface area contributed by atoms with E-state index in [2.05, 4.69) is 5.32 Å². The number of likely N-dealkylation sites (tertiary alicyclic amines) is 1. The zero-order valence-corrected chi connectivity index (χ0v) is 15.9. The lowest BCUT2D eigenvalue weighted by Crippen LogP contribution is -2.38. The van der Waals surface area contributed by atoms with Gasteiger partial charge in [-0.2, -0.15) is 0 Å². The second-order valence-electron chi connectivity index (χ2n) is 7.07. The van der Waals surface area contributed by atoms with Crippen LogP contribution in [0.2, 0.25) is 0 Å². The Morgan fingerprint density at radius 3 is 2.65 bits per heavy atom. The van der Waals surface area contributed by atoms with Crippen LogP contribution in [0, 0.1) is 6.92 Å². The number of aryl methyl sites for hydroxylation is 1. The smallest absolute Gasteiger partial charge is 0.268 e. The van der Waals surface area contributed by atoms with Crippen molar-refractivity contribution in [2.75, 3.05) is 6.54 Å². The summed E-state index contributed by atoms with van der Waals surface area (Å²) < 4.78 is 7.49. The fourth-order valence-electron chi connectivity index (χ4n) is 3.73. The third-order valence-electron chi connectivity index (χ3n) is 5.18. The fourth-order valence-corrected chi connectivity index (χ4v) is 3.73. The topological polar surface area (TPSA) is 67.5 Å².